The Labute approximate surface area is 153 Å². The number of hydrogen-bond donors (Lipinski definition) is 1. The van der Waals surface area contributed by atoms with Crippen LogP contribution in [0.1, 0.15) is 56.9 Å². The first-order chi connectivity index (χ1) is 12.2. The summed E-state index contributed by atoms with van der Waals surface area (Å²) in [6, 6.07) is 0. The molecule has 0 fully saturated rings. The number of nitrogens with one attached hydrogen (secondary N) is 1. The van der Waals surface area contributed by atoms with E-state index in [1.165, 1.54) is 47.9 Å². The monoisotopic (exact) mass is 354 g/mol. The number of nitrogens with zero attached hydrogens (tertiary/aromatic N) is 3. The van der Waals surface area contributed by atoms with Gasteiger partial charge >= 0.3 is 0 Å². The number of rotatable bonds is 6. The molecule has 0 amide bonds. The zero-order chi connectivity index (χ0) is 17.4. The smallest absolute Gasteiger partial charge is 0.147 e. The molecule has 0 atom stereocenters. The van der Waals surface area contributed by atoms with Gasteiger partial charge in [0.1, 0.15) is 17.0 Å². The highest BCUT2D eigenvalue weighted by molar-refractivity contribution is 7.26. The molecule has 132 valence electrons. The molecule has 4 nitrogen and oxygen atoms in total. The van der Waals surface area contributed by atoms with Crippen molar-refractivity contribution in [1.29, 1.82) is 0 Å². The molecule has 1 N–H and O–H groups in total. The van der Waals surface area contributed by atoms with Crippen molar-refractivity contribution < 1.29 is 0 Å². The van der Waals surface area contributed by atoms with Crippen molar-refractivity contribution in [3.05, 3.63) is 23.1 Å². The summed E-state index contributed by atoms with van der Waals surface area (Å²) in [5.41, 5.74) is 5.44. The number of anilines is 1. The molecule has 0 radical (unpaired) electrons. The molecule has 4 rings (SSSR count). The lowest BCUT2D eigenvalue weighted by molar-refractivity contribution is 0.687. The van der Waals surface area contributed by atoms with E-state index in [0.29, 0.717) is 5.92 Å². The van der Waals surface area contributed by atoms with E-state index in [-0.39, 0.29) is 0 Å². The third-order valence-corrected chi connectivity index (χ3v) is 6.08. The van der Waals surface area contributed by atoms with E-state index in [1.54, 1.807) is 17.7 Å². The minimum atomic E-state index is 0.586. The summed E-state index contributed by atoms with van der Waals surface area (Å²) in [4.78, 5) is 15.4. The first-order valence-corrected chi connectivity index (χ1v) is 10.3. The predicted molar refractivity (Wildman–Crippen MR) is 107 cm³/mol. The highest BCUT2D eigenvalue weighted by atomic mass is 32.1. The van der Waals surface area contributed by atoms with Crippen LogP contribution in [0.2, 0.25) is 0 Å². The molecule has 0 aromatic carbocycles. The topological polar surface area (TPSA) is 50.7 Å². The van der Waals surface area contributed by atoms with Crippen LogP contribution in [0.3, 0.4) is 0 Å². The van der Waals surface area contributed by atoms with Gasteiger partial charge in [-0.25, -0.2) is 15.0 Å². The summed E-state index contributed by atoms with van der Waals surface area (Å²) in [6.45, 7) is 7.60. The standard InChI is InChI=1S/C20H26N4S/c1-4-5-9-15-13-7-6-8-14(13)16-17-18(25-20(16)24-15)19(23-11-22-17)21-10-12(2)3/h11-12H,4-10H2,1-3H3,(H,21,22,23). The highest BCUT2D eigenvalue weighted by Crippen LogP contribution is 2.41. The Morgan fingerprint density at radius 2 is 2.04 bits per heavy atom. The maximum atomic E-state index is 5.08. The van der Waals surface area contributed by atoms with Crippen molar-refractivity contribution in [3.8, 4) is 0 Å². The van der Waals surface area contributed by atoms with Crippen LogP contribution in [0.5, 0.6) is 0 Å². The van der Waals surface area contributed by atoms with E-state index < -0.39 is 0 Å². The molecule has 0 saturated carbocycles. The molecule has 25 heavy (non-hydrogen) atoms. The first kappa shape index (κ1) is 16.7. The van der Waals surface area contributed by atoms with Crippen molar-refractivity contribution >= 4 is 37.6 Å². The van der Waals surface area contributed by atoms with Crippen LogP contribution in [-0.4, -0.2) is 21.5 Å². The van der Waals surface area contributed by atoms with Gasteiger partial charge in [-0.3, -0.25) is 0 Å². The Bertz CT molecular complexity index is 913. The fourth-order valence-electron chi connectivity index (χ4n) is 3.75. The van der Waals surface area contributed by atoms with Gasteiger partial charge in [-0.1, -0.05) is 27.2 Å². The molecule has 0 bridgehead atoms. The average molecular weight is 355 g/mol. The summed E-state index contributed by atoms with van der Waals surface area (Å²) < 4.78 is 1.16. The minimum absolute atomic E-state index is 0.586. The molecule has 0 saturated heterocycles. The third-order valence-electron chi connectivity index (χ3n) is 5.00. The number of hydrogen-bond acceptors (Lipinski definition) is 5. The zero-order valence-electron chi connectivity index (χ0n) is 15.4. The fraction of sp³-hybridized carbons (Fsp3) is 0.550. The van der Waals surface area contributed by atoms with Crippen LogP contribution < -0.4 is 5.32 Å². The van der Waals surface area contributed by atoms with Crippen LogP contribution >= 0.6 is 11.3 Å². The van der Waals surface area contributed by atoms with Gasteiger partial charge < -0.3 is 5.32 Å². The lowest BCUT2D eigenvalue weighted by Crippen LogP contribution is -2.09. The third kappa shape index (κ3) is 2.99. The molecule has 3 aromatic rings. The predicted octanol–water partition coefficient (Wildman–Crippen LogP) is 5.14. The normalized spacial score (nSPS) is 13.9. The van der Waals surface area contributed by atoms with Gasteiger partial charge in [0.15, 0.2) is 0 Å². The molecule has 0 unspecified atom stereocenters. The largest absolute Gasteiger partial charge is 0.369 e. The minimum Gasteiger partial charge on any atom is -0.369 e. The maximum absolute atomic E-state index is 5.08. The summed E-state index contributed by atoms with van der Waals surface area (Å²) in [7, 11) is 0. The second-order valence-electron chi connectivity index (χ2n) is 7.43. The number of aryl methyl sites for hydroxylation is 2. The summed E-state index contributed by atoms with van der Waals surface area (Å²) >= 11 is 1.75. The summed E-state index contributed by atoms with van der Waals surface area (Å²) in [5.74, 6) is 1.55. The number of fused-ring (bicyclic) bond motifs is 5. The first-order valence-electron chi connectivity index (χ1n) is 9.50. The van der Waals surface area contributed by atoms with Gasteiger partial charge in [-0.15, -0.1) is 11.3 Å². The Kier molecular flexibility index (Phi) is 4.59. The summed E-state index contributed by atoms with van der Waals surface area (Å²) in [6.07, 6.45) is 8.83. The Hall–Kier alpha value is -1.75. The molecule has 3 heterocycles. The van der Waals surface area contributed by atoms with Crippen LogP contribution in [0.4, 0.5) is 5.82 Å². The van der Waals surface area contributed by atoms with E-state index in [0.717, 1.165) is 40.3 Å². The second kappa shape index (κ2) is 6.87. The van der Waals surface area contributed by atoms with Gasteiger partial charge in [-0.05, 0) is 49.1 Å². The number of pyridine rings is 1. The lowest BCUT2D eigenvalue weighted by atomic mass is 10.0. The number of aromatic nitrogens is 3. The molecule has 0 aliphatic heterocycles. The van der Waals surface area contributed by atoms with Crippen molar-refractivity contribution in [3.63, 3.8) is 0 Å². The van der Waals surface area contributed by atoms with Crippen LogP contribution in [0.15, 0.2) is 6.33 Å². The zero-order valence-corrected chi connectivity index (χ0v) is 16.2. The van der Waals surface area contributed by atoms with Gasteiger partial charge in [0.2, 0.25) is 0 Å². The Balaban J connectivity index is 1.88. The maximum Gasteiger partial charge on any atom is 0.147 e. The van der Waals surface area contributed by atoms with Crippen molar-refractivity contribution in [2.24, 2.45) is 5.92 Å². The average Bonchev–Trinajstić information content (AvgIpc) is 3.21. The highest BCUT2D eigenvalue weighted by Gasteiger charge is 2.24. The van der Waals surface area contributed by atoms with Gasteiger partial charge in [0.05, 0.1) is 10.2 Å². The Morgan fingerprint density at radius 3 is 2.84 bits per heavy atom. The van der Waals surface area contributed by atoms with Gasteiger partial charge in [0.25, 0.3) is 0 Å². The van der Waals surface area contributed by atoms with Gasteiger partial charge in [-0.2, -0.15) is 0 Å². The van der Waals surface area contributed by atoms with Crippen LogP contribution in [0.25, 0.3) is 20.4 Å². The van der Waals surface area contributed by atoms with Crippen LogP contribution in [0, 0.1) is 5.92 Å². The van der Waals surface area contributed by atoms with E-state index in [4.69, 9.17) is 4.98 Å². The quantitative estimate of drug-likeness (QED) is 0.666. The SMILES string of the molecule is CCCCc1nc2sc3c(NCC(C)C)ncnc3c2c2c1CCC2. The van der Waals surface area contributed by atoms with Crippen LogP contribution in [-0.2, 0) is 19.3 Å². The van der Waals surface area contributed by atoms with Crippen molar-refractivity contribution in [1.82, 2.24) is 15.0 Å². The lowest BCUT2D eigenvalue weighted by Gasteiger charge is -2.09. The van der Waals surface area contributed by atoms with E-state index in [1.807, 2.05) is 0 Å². The molecule has 5 heteroatoms. The van der Waals surface area contributed by atoms with E-state index >= 15 is 0 Å². The molecule has 1 aliphatic rings. The van der Waals surface area contributed by atoms with E-state index in [9.17, 15) is 0 Å². The van der Waals surface area contributed by atoms with Gasteiger partial charge in [0, 0.05) is 17.6 Å². The molecule has 0 spiro atoms. The number of thiophene rings is 1. The molecular formula is C20H26N4S. The van der Waals surface area contributed by atoms with Crippen molar-refractivity contribution in [2.45, 2.75) is 59.3 Å². The van der Waals surface area contributed by atoms with Crippen molar-refractivity contribution in [2.75, 3.05) is 11.9 Å². The molecular weight excluding hydrogens is 328 g/mol. The summed E-state index contributed by atoms with van der Waals surface area (Å²) in [5, 5.41) is 4.79. The molecule has 3 aromatic heterocycles. The fourth-order valence-corrected chi connectivity index (χ4v) is 4.90. The second-order valence-corrected chi connectivity index (χ2v) is 8.43. The number of unbranched alkanes of at least 4 members (excludes halogenated alkanes) is 1. The van der Waals surface area contributed by atoms with E-state index in [2.05, 4.69) is 36.1 Å². The molecule has 1 aliphatic carbocycles. The Morgan fingerprint density at radius 1 is 1.20 bits per heavy atom.